The van der Waals surface area contributed by atoms with Crippen molar-refractivity contribution < 1.29 is 38.0 Å². The van der Waals surface area contributed by atoms with Crippen LogP contribution >= 0.6 is 0 Å². The van der Waals surface area contributed by atoms with E-state index in [1.54, 1.807) is 37.4 Å². The highest BCUT2D eigenvalue weighted by molar-refractivity contribution is 6.47. The lowest BCUT2D eigenvalue weighted by Gasteiger charge is -2.64. The Labute approximate surface area is 407 Å². The monoisotopic (exact) mass is 949 g/mol. The molecule has 2 aliphatic heterocycles. The number of benzene rings is 3. The largest absolute Gasteiger partial charge is 0.497 e. The highest BCUT2D eigenvalue weighted by Gasteiger charge is 2.68. The first-order valence-electron chi connectivity index (χ1n) is 24.9. The second-order valence-corrected chi connectivity index (χ2v) is 20.3. The van der Waals surface area contributed by atoms with Crippen molar-refractivity contribution in [1.82, 2.24) is 26.2 Å². The number of nitrogens with one attached hydrogen (secondary N) is 4. The summed E-state index contributed by atoms with van der Waals surface area (Å²) >= 11 is 0. The molecule has 8 rings (SSSR count). The lowest BCUT2D eigenvalue weighted by molar-refractivity contribution is -0.199. The van der Waals surface area contributed by atoms with Gasteiger partial charge in [-0.2, -0.15) is 0 Å². The maximum absolute atomic E-state index is 14.7. The number of methoxy groups -OCH3 is 1. The van der Waals surface area contributed by atoms with Crippen LogP contribution in [-0.2, 0) is 41.3 Å². The van der Waals surface area contributed by atoms with Gasteiger partial charge in [0.2, 0.25) is 17.7 Å². The molecule has 3 aromatic rings. The molecule has 3 aliphatic carbocycles. The van der Waals surface area contributed by atoms with Crippen molar-refractivity contribution in [3.63, 3.8) is 0 Å². The Morgan fingerprint density at radius 1 is 0.928 bits per heavy atom. The number of carbonyl (C=O) groups is 5. The van der Waals surface area contributed by atoms with Gasteiger partial charge < -0.3 is 57.4 Å². The molecule has 5 aliphatic rings. The molecule has 4 fully saturated rings. The van der Waals surface area contributed by atoms with Crippen LogP contribution in [0.5, 0.6) is 5.75 Å². The van der Waals surface area contributed by atoms with Crippen LogP contribution in [0.2, 0.25) is 0 Å². The van der Waals surface area contributed by atoms with Crippen LogP contribution in [0.25, 0.3) is 11.1 Å². The maximum atomic E-state index is 14.7. The predicted molar refractivity (Wildman–Crippen MR) is 265 cm³/mol. The fourth-order valence-electron chi connectivity index (χ4n) is 11.0. The summed E-state index contributed by atoms with van der Waals surface area (Å²) in [5.74, 6) is -1.68. The molecule has 3 aromatic carbocycles. The van der Waals surface area contributed by atoms with Gasteiger partial charge >= 0.3 is 7.12 Å². The minimum atomic E-state index is -1.62. The van der Waals surface area contributed by atoms with Gasteiger partial charge in [0.05, 0.1) is 18.8 Å². The van der Waals surface area contributed by atoms with E-state index < -0.39 is 72.6 Å². The van der Waals surface area contributed by atoms with Crippen LogP contribution in [0.4, 0.5) is 0 Å². The Morgan fingerprint density at radius 3 is 2.30 bits per heavy atom. The number of nitrogens with zero attached hydrogens (tertiary/aromatic N) is 1. The molecule has 2 heterocycles. The van der Waals surface area contributed by atoms with Crippen molar-refractivity contribution in [2.75, 3.05) is 20.7 Å². The Balaban J connectivity index is 1.06. The Bertz CT molecular complexity index is 2320. The van der Waals surface area contributed by atoms with Gasteiger partial charge in [0.1, 0.15) is 29.9 Å². The molecular weight excluding hydrogens is 875 g/mol. The predicted octanol–water partition coefficient (Wildman–Crippen LogP) is 4.41. The molecule has 16 nitrogen and oxygen atoms in total. The molecule has 0 radical (unpaired) electrons. The van der Waals surface area contributed by atoms with E-state index in [0.717, 1.165) is 48.8 Å². The SMILES string of the molecule is CCCCc1ccc(-c2ccc(C(=O)N[C@@H](CCCCN)C(=O)N(C)[C@@H]3C(=O)N[C@@H](N)C(=O)N[C@H](C(=O)N[C@@H](N)B4O[C@@H]5C[C@@H]6C[C@@H](C6(C)C)[C@]5(C)O4)CCCCc4cc3ccc4OC)cc2)cc1. The van der Waals surface area contributed by atoms with Crippen LogP contribution in [-0.4, -0.2) is 98.3 Å². The fraction of sp³-hybridized carbons (Fsp3) is 0.558. The number of hydrogen-bond donors (Lipinski definition) is 7. The normalized spacial score (nSPS) is 26.2. The summed E-state index contributed by atoms with van der Waals surface area (Å²) in [7, 11) is 2.16. The third kappa shape index (κ3) is 11.3. The van der Waals surface area contributed by atoms with E-state index in [1.165, 1.54) is 17.5 Å². The topological polar surface area (TPSA) is 242 Å². The molecule has 0 unspecified atom stereocenters. The number of fused-ring (bicyclic) bond motifs is 2. The minimum absolute atomic E-state index is 0.123. The van der Waals surface area contributed by atoms with Gasteiger partial charge in [-0.05, 0) is 147 Å². The van der Waals surface area contributed by atoms with E-state index in [4.69, 9.17) is 31.2 Å². The number of hydrogen-bond acceptors (Lipinski definition) is 11. The van der Waals surface area contributed by atoms with E-state index in [0.29, 0.717) is 67.4 Å². The van der Waals surface area contributed by atoms with Gasteiger partial charge in [0.15, 0.2) is 6.17 Å². The lowest BCUT2D eigenvalue weighted by atomic mass is 9.43. The molecule has 4 bridgehead atoms. The van der Waals surface area contributed by atoms with E-state index >= 15 is 0 Å². The van der Waals surface area contributed by atoms with Crippen LogP contribution < -0.4 is 43.2 Å². The molecule has 3 saturated carbocycles. The standard InChI is InChI=1S/C52H73BN8O8/c1-7-8-13-31-17-19-32(20-18-31)33-21-23-34(24-22-33)45(62)58-39(16-11-12-27-54)49(66)61(5)43-36-25-26-40(67-6)35(28-36)14-9-10-15-38(57-48(65)44(55)59-47(43)64)46(63)60-50(56)53-68-42-30-37-29-41(51(37,2)3)52(42,4)69-53/h17-26,28,37-39,41-44,50H,7-16,27,29-30,54-56H2,1-6H3,(H,57,65)(H,58,62)(H,59,64)(H,60,63)/t37-,38-,39-,41-,42+,43-,44+,50+,52-/m0/s1. The number of amides is 5. The zero-order valence-electron chi connectivity index (χ0n) is 41.2. The maximum Gasteiger partial charge on any atom is 0.497 e. The molecule has 9 atom stereocenters. The Hall–Kier alpha value is -5.33. The van der Waals surface area contributed by atoms with Gasteiger partial charge in [-0.15, -0.1) is 0 Å². The van der Waals surface area contributed by atoms with Crippen molar-refractivity contribution in [3.8, 4) is 16.9 Å². The number of carbonyl (C=O) groups excluding carboxylic acids is 5. The van der Waals surface area contributed by atoms with Gasteiger partial charge in [-0.3, -0.25) is 24.0 Å². The molecule has 5 amide bonds. The summed E-state index contributed by atoms with van der Waals surface area (Å²) in [5.41, 5.74) is 23.2. The molecule has 17 heteroatoms. The fourth-order valence-corrected chi connectivity index (χ4v) is 11.0. The van der Waals surface area contributed by atoms with Crippen molar-refractivity contribution in [2.45, 2.75) is 147 Å². The average molecular weight is 949 g/mol. The summed E-state index contributed by atoms with van der Waals surface area (Å²) < 4.78 is 18.5. The van der Waals surface area contributed by atoms with Crippen LogP contribution in [0, 0.1) is 17.3 Å². The molecule has 372 valence electrons. The summed E-state index contributed by atoms with van der Waals surface area (Å²) in [6.45, 7) is 9.16. The summed E-state index contributed by atoms with van der Waals surface area (Å²) in [5, 5.41) is 11.1. The Kier molecular flexibility index (Phi) is 16.6. The molecular formula is C52H73BN8O8. The first kappa shape index (κ1) is 51.5. The number of ether oxygens (including phenoxy) is 1. The molecule has 69 heavy (non-hydrogen) atoms. The molecule has 10 N–H and O–H groups in total. The first-order valence-corrected chi connectivity index (χ1v) is 24.9. The van der Waals surface area contributed by atoms with Crippen molar-refractivity contribution in [3.05, 3.63) is 89.0 Å². The quantitative estimate of drug-likeness (QED) is 0.0603. The van der Waals surface area contributed by atoms with E-state index in [9.17, 15) is 24.0 Å². The summed E-state index contributed by atoms with van der Waals surface area (Å²) in [6.07, 6.45) is 6.67. The van der Waals surface area contributed by atoms with E-state index in [1.807, 2.05) is 12.1 Å². The zero-order valence-corrected chi connectivity index (χ0v) is 41.2. The number of nitrogens with two attached hydrogens (primary N) is 3. The van der Waals surface area contributed by atoms with Crippen LogP contribution in [0.3, 0.4) is 0 Å². The Morgan fingerprint density at radius 2 is 1.64 bits per heavy atom. The third-order valence-corrected chi connectivity index (χ3v) is 15.4. The molecule has 0 aromatic heterocycles. The number of aryl methyl sites for hydroxylation is 2. The van der Waals surface area contributed by atoms with Crippen molar-refractivity contribution in [2.24, 2.45) is 34.5 Å². The smallest absolute Gasteiger partial charge is 0.496 e. The van der Waals surface area contributed by atoms with Crippen LogP contribution in [0.15, 0.2) is 66.7 Å². The second-order valence-electron chi connectivity index (χ2n) is 20.3. The van der Waals surface area contributed by atoms with Gasteiger partial charge in [-0.25, -0.2) is 0 Å². The number of likely N-dealkylation sites (N-methyl/N-ethyl adjacent to an activating group) is 1. The summed E-state index contributed by atoms with van der Waals surface area (Å²) in [6, 6.07) is 16.4. The highest BCUT2D eigenvalue weighted by Crippen LogP contribution is 2.65. The van der Waals surface area contributed by atoms with Gasteiger partial charge in [0, 0.05) is 12.6 Å². The van der Waals surface area contributed by atoms with Crippen LogP contribution in [0.1, 0.15) is 125 Å². The lowest BCUT2D eigenvalue weighted by Crippen LogP contribution is -2.65. The second kappa shape index (κ2) is 22.2. The average Bonchev–Trinajstić information content (AvgIpc) is 3.71. The van der Waals surface area contributed by atoms with E-state index in [-0.39, 0.29) is 24.4 Å². The molecule has 0 spiro atoms. The van der Waals surface area contributed by atoms with Gasteiger partial charge in [0.25, 0.3) is 11.8 Å². The minimum Gasteiger partial charge on any atom is -0.496 e. The van der Waals surface area contributed by atoms with Gasteiger partial charge in [-0.1, -0.05) is 76.1 Å². The van der Waals surface area contributed by atoms with Crippen molar-refractivity contribution >= 4 is 36.7 Å². The van der Waals surface area contributed by atoms with E-state index in [2.05, 4.69) is 73.2 Å². The number of rotatable bonds is 16. The first-order chi connectivity index (χ1) is 33.0. The summed E-state index contributed by atoms with van der Waals surface area (Å²) in [4.78, 5) is 71.9. The zero-order chi connectivity index (χ0) is 49.6. The highest BCUT2D eigenvalue weighted by atomic mass is 16.7. The van der Waals surface area contributed by atoms with Crippen molar-refractivity contribution in [1.29, 1.82) is 0 Å². The number of unbranched alkanes of at least 4 members (excludes halogenated alkanes) is 2. The third-order valence-electron chi connectivity index (χ3n) is 15.4. The molecule has 1 saturated heterocycles.